The first-order chi connectivity index (χ1) is 35.6. The molecular formula is C59H102O14. The highest BCUT2D eigenvalue weighted by Gasteiger charge is 2.47. The van der Waals surface area contributed by atoms with Crippen LogP contribution in [0, 0.1) is 0 Å². The van der Waals surface area contributed by atoms with Gasteiger partial charge in [0.15, 0.2) is 12.6 Å². The van der Waals surface area contributed by atoms with Crippen LogP contribution in [0.1, 0.15) is 194 Å². The van der Waals surface area contributed by atoms with Crippen molar-refractivity contribution in [2.75, 3.05) is 33.0 Å². The topological polar surface area (TPSA) is 214 Å². The SMILES string of the molecule is CC/C=C\C/C=C\C/C=C\C/C=C\CCCCCCCCCCCCCCCOCC(COC1OC(COC2OC(CO)C(O)C(O)C2O)C(O)C(O)C1O)OC(=O)CCCCCCC/C=C\C/C=C\CCC. The monoisotopic (exact) mass is 1030 g/mol. The first-order valence-corrected chi connectivity index (χ1v) is 28.5. The van der Waals surface area contributed by atoms with Gasteiger partial charge < -0.3 is 64.2 Å². The van der Waals surface area contributed by atoms with Gasteiger partial charge in [-0.15, -0.1) is 0 Å². The van der Waals surface area contributed by atoms with Gasteiger partial charge in [0, 0.05) is 13.0 Å². The van der Waals surface area contributed by atoms with E-state index < -0.39 is 86.7 Å². The first-order valence-electron chi connectivity index (χ1n) is 28.5. The molecular weight excluding hydrogens is 933 g/mol. The maximum absolute atomic E-state index is 13.0. The second-order valence-corrected chi connectivity index (χ2v) is 19.7. The van der Waals surface area contributed by atoms with Crippen molar-refractivity contribution in [1.29, 1.82) is 0 Å². The maximum Gasteiger partial charge on any atom is 0.306 e. The molecule has 2 saturated heterocycles. The molecule has 11 unspecified atom stereocenters. The molecule has 0 aromatic rings. The van der Waals surface area contributed by atoms with Gasteiger partial charge in [-0.3, -0.25) is 4.79 Å². The molecule has 0 saturated carbocycles. The van der Waals surface area contributed by atoms with Crippen molar-refractivity contribution in [2.24, 2.45) is 0 Å². The van der Waals surface area contributed by atoms with Gasteiger partial charge in [0.1, 0.15) is 54.9 Å². The van der Waals surface area contributed by atoms with E-state index in [-0.39, 0.29) is 19.6 Å². The molecule has 0 amide bonds. The Kier molecular flexibility index (Phi) is 41.6. The molecule has 73 heavy (non-hydrogen) atoms. The number of carbonyl (C=O) groups excluding carboxylic acids is 1. The summed E-state index contributed by atoms with van der Waals surface area (Å²) in [6, 6.07) is 0. The van der Waals surface area contributed by atoms with E-state index in [0.29, 0.717) is 13.0 Å². The molecule has 14 nitrogen and oxygen atoms in total. The van der Waals surface area contributed by atoms with Gasteiger partial charge in [0.25, 0.3) is 0 Å². The van der Waals surface area contributed by atoms with Gasteiger partial charge in [-0.05, 0) is 77.0 Å². The van der Waals surface area contributed by atoms with Crippen LogP contribution in [0.2, 0.25) is 0 Å². The van der Waals surface area contributed by atoms with E-state index in [2.05, 4.69) is 86.8 Å². The number of hydrogen-bond donors (Lipinski definition) is 7. The number of carbonyl (C=O) groups is 1. The summed E-state index contributed by atoms with van der Waals surface area (Å²) >= 11 is 0. The van der Waals surface area contributed by atoms with E-state index in [1.54, 1.807) is 0 Å². The molecule has 2 heterocycles. The standard InChI is InChI=1S/C59H102O14/c1-3-5-7-9-11-13-15-17-18-19-20-21-22-23-24-25-26-27-28-29-31-33-35-37-39-41-43-68-45-48(71-51(61)42-40-38-36-34-32-30-16-14-12-10-8-6-4-2)46-69-58-57(67)55(65)53(63)50(73-58)47-70-59-56(66)54(64)52(62)49(44-60)72-59/h5,7-8,10-11,13-14,16-18,20-21,48-50,52-60,62-67H,3-4,6,9,12,15,19,22-47H2,1-2H3/b7-5-,10-8-,13-11-,16-14-,18-17-,21-20-. The van der Waals surface area contributed by atoms with E-state index in [0.717, 1.165) is 96.3 Å². The third-order valence-electron chi connectivity index (χ3n) is 13.2. The lowest BCUT2D eigenvalue weighted by Crippen LogP contribution is -2.61. The summed E-state index contributed by atoms with van der Waals surface area (Å²) < 4.78 is 34.3. The molecule has 0 bridgehead atoms. The van der Waals surface area contributed by atoms with Gasteiger partial charge in [0.05, 0.1) is 26.4 Å². The summed E-state index contributed by atoms with van der Waals surface area (Å²) in [6.45, 7) is 3.49. The van der Waals surface area contributed by atoms with Crippen LogP contribution in [-0.2, 0) is 33.2 Å². The lowest BCUT2D eigenvalue weighted by molar-refractivity contribution is -0.332. The fraction of sp³-hybridized carbons (Fsp3) is 0.780. The summed E-state index contributed by atoms with van der Waals surface area (Å²) in [5.41, 5.74) is 0. The second-order valence-electron chi connectivity index (χ2n) is 19.7. The number of rotatable bonds is 45. The number of aliphatic hydroxyl groups excluding tert-OH is 7. The maximum atomic E-state index is 13.0. The Labute approximate surface area is 440 Å². The van der Waals surface area contributed by atoms with Crippen LogP contribution in [0.4, 0.5) is 0 Å². The number of hydrogen-bond acceptors (Lipinski definition) is 14. The number of allylic oxidation sites excluding steroid dienone is 12. The minimum atomic E-state index is -1.71. The van der Waals surface area contributed by atoms with Crippen molar-refractivity contribution in [3.05, 3.63) is 72.9 Å². The fourth-order valence-electron chi connectivity index (χ4n) is 8.61. The van der Waals surface area contributed by atoms with Crippen LogP contribution < -0.4 is 0 Å². The molecule has 0 aromatic carbocycles. The van der Waals surface area contributed by atoms with E-state index in [4.69, 9.17) is 28.4 Å². The average molecular weight is 1040 g/mol. The minimum Gasteiger partial charge on any atom is -0.457 e. The Morgan fingerprint density at radius 1 is 0.466 bits per heavy atom. The van der Waals surface area contributed by atoms with Crippen molar-refractivity contribution in [3.8, 4) is 0 Å². The summed E-state index contributed by atoms with van der Waals surface area (Å²) in [4.78, 5) is 13.0. The smallest absolute Gasteiger partial charge is 0.306 e. The number of aliphatic hydroxyl groups is 7. The minimum absolute atomic E-state index is 0.0522. The van der Waals surface area contributed by atoms with Crippen LogP contribution in [0.3, 0.4) is 0 Å². The Hall–Kier alpha value is -2.57. The van der Waals surface area contributed by atoms with E-state index in [1.807, 2.05) is 0 Å². The third kappa shape index (κ3) is 32.6. The fourth-order valence-corrected chi connectivity index (χ4v) is 8.61. The van der Waals surface area contributed by atoms with Gasteiger partial charge in [0.2, 0.25) is 0 Å². The molecule has 2 rings (SSSR count). The molecule has 14 heteroatoms. The van der Waals surface area contributed by atoms with Gasteiger partial charge >= 0.3 is 5.97 Å². The van der Waals surface area contributed by atoms with Crippen molar-refractivity contribution >= 4 is 5.97 Å². The van der Waals surface area contributed by atoms with Crippen LogP contribution in [0.15, 0.2) is 72.9 Å². The van der Waals surface area contributed by atoms with Crippen molar-refractivity contribution in [3.63, 3.8) is 0 Å². The lowest BCUT2D eigenvalue weighted by Gasteiger charge is -2.42. The second kappa shape index (κ2) is 45.6. The van der Waals surface area contributed by atoms with Gasteiger partial charge in [-0.1, -0.05) is 183 Å². The van der Waals surface area contributed by atoms with Crippen molar-refractivity contribution in [1.82, 2.24) is 0 Å². The molecule has 0 aromatic heterocycles. The Morgan fingerprint density at radius 2 is 0.890 bits per heavy atom. The molecule has 0 spiro atoms. The van der Waals surface area contributed by atoms with Crippen LogP contribution in [0.25, 0.3) is 0 Å². The zero-order chi connectivity index (χ0) is 53.0. The highest BCUT2D eigenvalue weighted by Crippen LogP contribution is 2.26. The molecule has 0 radical (unpaired) electrons. The molecule has 422 valence electrons. The van der Waals surface area contributed by atoms with Gasteiger partial charge in [-0.25, -0.2) is 0 Å². The molecule has 11 atom stereocenters. The summed E-state index contributed by atoms with van der Waals surface area (Å²) in [5.74, 6) is -0.392. The summed E-state index contributed by atoms with van der Waals surface area (Å²) in [7, 11) is 0. The highest BCUT2D eigenvalue weighted by molar-refractivity contribution is 5.69. The van der Waals surface area contributed by atoms with Crippen LogP contribution >= 0.6 is 0 Å². The normalized spacial score (nSPS) is 25.5. The predicted octanol–water partition coefficient (Wildman–Crippen LogP) is 9.86. The molecule has 0 aliphatic carbocycles. The molecule has 2 fully saturated rings. The largest absolute Gasteiger partial charge is 0.457 e. The number of unbranched alkanes of at least 4 members (excludes halogenated alkanes) is 19. The van der Waals surface area contributed by atoms with Crippen LogP contribution in [0.5, 0.6) is 0 Å². The number of ether oxygens (including phenoxy) is 6. The van der Waals surface area contributed by atoms with Crippen LogP contribution in [-0.4, -0.2) is 142 Å². The molecule has 2 aliphatic rings. The Bertz CT molecular complexity index is 1480. The van der Waals surface area contributed by atoms with Crippen molar-refractivity contribution in [2.45, 2.75) is 261 Å². The van der Waals surface area contributed by atoms with Gasteiger partial charge in [-0.2, -0.15) is 0 Å². The predicted molar refractivity (Wildman–Crippen MR) is 289 cm³/mol. The zero-order valence-electron chi connectivity index (χ0n) is 45.1. The van der Waals surface area contributed by atoms with E-state index >= 15 is 0 Å². The zero-order valence-corrected chi connectivity index (χ0v) is 45.1. The number of esters is 1. The highest BCUT2D eigenvalue weighted by atomic mass is 16.7. The third-order valence-corrected chi connectivity index (χ3v) is 13.2. The Balaban J connectivity index is 1.68. The van der Waals surface area contributed by atoms with E-state index in [9.17, 15) is 40.5 Å². The first kappa shape index (κ1) is 66.5. The van der Waals surface area contributed by atoms with Crippen molar-refractivity contribution < 1.29 is 69.0 Å². The molecule has 7 N–H and O–H groups in total. The average Bonchev–Trinajstić information content (AvgIpc) is 3.39. The summed E-state index contributed by atoms with van der Waals surface area (Å²) in [6.07, 6.45) is 41.1. The quantitative estimate of drug-likeness (QED) is 0.0172. The molecule has 2 aliphatic heterocycles. The van der Waals surface area contributed by atoms with E-state index in [1.165, 1.54) is 70.6 Å². The summed E-state index contributed by atoms with van der Waals surface area (Å²) in [5, 5.41) is 72.3. The lowest BCUT2D eigenvalue weighted by atomic mass is 9.98. The Morgan fingerprint density at radius 3 is 1.40 bits per heavy atom.